The van der Waals surface area contributed by atoms with Gasteiger partial charge < -0.3 is 0 Å². The molecule has 0 aliphatic rings. The molecule has 0 saturated heterocycles. The summed E-state index contributed by atoms with van der Waals surface area (Å²) in [4.78, 5) is 0. The molecule has 0 aromatic rings. The summed E-state index contributed by atoms with van der Waals surface area (Å²) in [5.41, 5.74) is 0. The van der Waals surface area contributed by atoms with Crippen LogP contribution in [-0.4, -0.2) is 6.18 Å². The van der Waals surface area contributed by atoms with Gasteiger partial charge in [0.15, 0.2) is 0 Å². The molecule has 0 aromatic heterocycles. The van der Waals surface area contributed by atoms with Crippen LogP contribution in [0.3, 0.4) is 0 Å². The smallest absolute Gasteiger partial charge is 0.171 e. The third-order valence-corrected chi connectivity index (χ3v) is 0.533. The van der Waals surface area contributed by atoms with E-state index in [4.69, 9.17) is 0 Å². The first kappa shape index (κ1) is 6.79. The first-order valence-electron chi connectivity index (χ1n) is 2.13. The van der Waals surface area contributed by atoms with Crippen LogP contribution >= 0.6 is 0 Å². The molecule has 0 N–H and O–H groups in total. The molecule has 0 nitrogen and oxygen atoms in total. The average molecular weight is 112 g/mol. The molecule has 0 fully saturated rings. The molecule has 0 bridgehead atoms. The maximum Gasteiger partial charge on any atom is 0.389 e. The van der Waals surface area contributed by atoms with Gasteiger partial charge in [0.1, 0.15) is 0 Å². The Labute approximate surface area is 40.3 Å². The van der Waals surface area contributed by atoms with Gasteiger partial charge in [0, 0.05) is 6.42 Å². The predicted octanol–water partition coefficient (Wildman–Crippen LogP) is 2.35. The fourth-order valence-electron chi connectivity index (χ4n) is 0.283. The minimum absolute atomic E-state index is 0.184. The van der Waals surface area contributed by atoms with Gasteiger partial charge in [0.25, 0.3) is 0 Å². The molecule has 0 spiro atoms. The van der Waals surface area contributed by atoms with E-state index in [1.807, 2.05) is 0 Å². The van der Waals surface area contributed by atoms with Crippen molar-refractivity contribution in [1.82, 2.24) is 0 Å². The lowest BCUT2D eigenvalue weighted by molar-refractivity contribution is -0.134. The predicted molar refractivity (Wildman–Crippen MR) is 21.0 cm³/mol. The van der Waals surface area contributed by atoms with Crippen molar-refractivity contribution >= 4 is 0 Å². The Bertz CT molecular complexity index is 45.4. The van der Waals surface area contributed by atoms with Gasteiger partial charge in [0.05, 0.1) is 0 Å². The van der Waals surface area contributed by atoms with Crippen molar-refractivity contribution in [2.45, 2.75) is 25.9 Å². The topological polar surface area (TPSA) is 0 Å². The molecule has 44 valence electrons. The second-order valence-corrected chi connectivity index (χ2v) is 1.37. The van der Waals surface area contributed by atoms with Crippen molar-refractivity contribution in [2.75, 3.05) is 0 Å². The molecule has 0 aliphatic heterocycles. The molecule has 3 heteroatoms. The summed E-state index contributed by atoms with van der Waals surface area (Å²) in [6.45, 7) is 1.51. The first-order chi connectivity index (χ1) is 3.06. The fraction of sp³-hybridized carbons (Fsp3) is 1.00. The van der Waals surface area contributed by atoms with Crippen molar-refractivity contribution in [2.24, 2.45) is 0 Å². The summed E-state index contributed by atoms with van der Waals surface area (Å²) in [7, 11) is 0. The summed E-state index contributed by atoms with van der Waals surface area (Å²) < 4.78 is 33.2. The fourth-order valence-corrected chi connectivity index (χ4v) is 0.283. The Morgan fingerprint density at radius 3 is 1.71 bits per heavy atom. The van der Waals surface area contributed by atoms with Gasteiger partial charge in [-0.3, -0.25) is 0 Å². The Balaban J connectivity index is 3.15. The lowest BCUT2D eigenvalue weighted by Crippen LogP contribution is -2.04. The maximum absolute atomic E-state index is 11.1. The van der Waals surface area contributed by atoms with Crippen LogP contribution in [0.4, 0.5) is 13.2 Å². The van der Waals surface area contributed by atoms with Crippen LogP contribution < -0.4 is 0 Å². The van der Waals surface area contributed by atoms with Crippen molar-refractivity contribution in [3.05, 3.63) is 0 Å². The summed E-state index contributed by atoms with van der Waals surface area (Å²) in [5.74, 6) is 0. The highest BCUT2D eigenvalue weighted by Gasteiger charge is 2.24. The van der Waals surface area contributed by atoms with Crippen LogP contribution in [0.5, 0.6) is 0 Å². The van der Waals surface area contributed by atoms with Gasteiger partial charge >= 0.3 is 6.18 Å². The van der Waals surface area contributed by atoms with Crippen molar-refractivity contribution in [1.29, 1.82) is 0 Å². The SMILES string of the molecule is CCCC(F)(F)F. The Kier molecular flexibility index (Phi) is 2.12. The first-order valence-corrected chi connectivity index (χ1v) is 2.13. The normalized spacial score (nSPS) is 12.0. The third kappa shape index (κ3) is 5.79. The van der Waals surface area contributed by atoms with Crippen molar-refractivity contribution < 1.29 is 13.2 Å². The quantitative estimate of drug-likeness (QED) is 0.488. The van der Waals surface area contributed by atoms with Crippen molar-refractivity contribution in [3.63, 3.8) is 0 Å². The van der Waals surface area contributed by atoms with Crippen LogP contribution in [0.15, 0.2) is 0 Å². The van der Waals surface area contributed by atoms with E-state index in [2.05, 4.69) is 0 Å². The number of hydrogen-bond donors (Lipinski definition) is 0. The molecule has 0 heterocycles. The van der Waals surface area contributed by atoms with E-state index in [-0.39, 0.29) is 6.42 Å². The minimum atomic E-state index is -3.95. The monoisotopic (exact) mass is 112 g/mol. The molecule has 0 rings (SSSR count). The van der Waals surface area contributed by atoms with E-state index in [1.165, 1.54) is 6.92 Å². The molecule has 0 atom stereocenters. The largest absolute Gasteiger partial charge is 0.389 e. The molecule has 0 saturated carbocycles. The van der Waals surface area contributed by atoms with Gasteiger partial charge in [-0.25, -0.2) is 0 Å². The van der Waals surface area contributed by atoms with Crippen LogP contribution in [0, 0.1) is 0 Å². The number of alkyl halides is 3. The lowest BCUT2D eigenvalue weighted by Gasteiger charge is -2.00. The molecular formula is C4H7F3. The lowest BCUT2D eigenvalue weighted by atomic mass is 10.3. The van der Waals surface area contributed by atoms with Gasteiger partial charge in [-0.1, -0.05) is 6.92 Å². The maximum atomic E-state index is 11.1. The third-order valence-electron chi connectivity index (χ3n) is 0.533. The summed E-state index contributed by atoms with van der Waals surface area (Å²) in [5, 5.41) is 0. The summed E-state index contributed by atoms with van der Waals surface area (Å²) in [6, 6.07) is 0. The summed E-state index contributed by atoms with van der Waals surface area (Å²) in [6.07, 6.45) is -4.43. The molecule has 0 unspecified atom stereocenters. The van der Waals surface area contributed by atoms with Gasteiger partial charge in [-0.15, -0.1) is 0 Å². The van der Waals surface area contributed by atoms with Crippen LogP contribution in [0.2, 0.25) is 0 Å². The highest BCUT2D eigenvalue weighted by Crippen LogP contribution is 2.20. The molecule has 7 heavy (non-hydrogen) atoms. The zero-order valence-corrected chi connectivity index (χ0v) is 4.05. The molecule has 0 aromatic carbocycles. The number of halogens is 3. The second kappa shape index (κ2) is 2.19. The van der Waals surface area contributed by atoms with Crippen LogP contribution in [0.1, 0.15) is 19.8 Å². The highest BCUT2D eigenvalue weighted by atomic mass is 19.4. The van der Waals surface area contributed by atoms with E-state index in [9.17, 15) is 13.2 Å². The van der Waals surface area contributed by atoms with Crippen LogP contribution in [-0.2, 0) is 0 Å². The number of hydrogen-bond acceptors (Lipinski definition) is 0. The van der Waals surface area contributed by atoms with E-state index < -0.39 is 12.6 Å². The van der Waals surface area contributed by atoms with E-state index >= 15 is 0 Å². The Morgan fingerprint density at radius 1 is 1.29 bits per heavy atom. The number of rotatable bonds is 1. The Hall–Kier alpha value is -0.210. The average Bonchev–Trinajstić information content (AvgIpc) is 1.30. The standard InChI is InChI=1S/C4H7F3/c1-2-3-4(5,6)7/h2-3H2,1H3. The van der Waals surface area contributed by atoms with E-state index in [0.29, 0.717) is 0 Å². The van der Waals surface area contributed by atoms with Gasteiger partial charge in [0.2, 0.25) is 0 Å². The Morgan fingerprint density at radius 2 is 1.71 bits per heavy atom. The van der Waals surface area contributed by atoms with Crippen molar-refractivity contribution in [3.8, 4) is 0 Å². The van der Waals surface area contributed by atoms with E-state index in [0.717, 1.165) is 0 Å². The zero-order valence-electron chi connectivity index (χ0n) is 4.05. The van der Waals surface area contributed by atoms with Gasteiger partial charge in [-0.2, -0.15) is 13.2 Å². The molecule has 0 aliphatic carbocycles. The zero-order chi connectivity index (χ0) is 5.91. The summed E-state index contributed by atoms with van der Waals surface area (Å²) >= 11 is 0. The van der Waals surface area contributed by atoms with E-state index in [1.54, 1.807) is 0 Å². The molecule has 0 amide bonds. The van der Waals surface area contributed by atoms with Gasteiger partial charge in [-0.05, 0) is 6.42 Å². The highest BCUT2D eigenvalue weighted by molar-refractivity contribution is 4.44. The second-order valence-electron chi connectivity index (χ2n) is 1.37. The molecule has 0 radical (unpaired) electrons. The van der Waals surface area contributed by atoms with Crippen LogP contribution in [0.25, 0.3) is 0 Å². The minimum Gasteiger partial charge on any atom is -0.171 e. The molecular weight excluding hydrogens is 105 g/mol.